The third-order valence-corrected chi connectivity index (χ3v) is 6.06. The third-order valence-electron chi connectivity index (χ3n) is 5.24. The number of carboxylic acid groups (broad SMARTS) is 1. The van der Waals surface area contributed by atoms with Crippen LogP contribution < -0.4 is 0 Å². The molecule has 1 saturated heterocycles. The number of amides is 1. The van der Waals surface area contributed by atoms with Gasteiger partial charge in [-0.1, -0.05) is 0 Å². The summed E-state index contributed by atoms with van der Waals surface area (Å²) in [6.45, 7) is 6.99. The summed E-state index contributed by atoms with van der Waals surface area (Å²) in [4.78, 5) is 29.9. The monoisotopic (exact) mass is 489 g/mol. The topological polar surface area (TPSA) is 101 Å². The number of thiazole rings is 1. The zero-order valence-electron chi connectivity index (χ0n) is 18.1. The first-order chi connectivity index (χ1) is 15.6. The number of aryl methyl sites for hydroxylation is 1. The number of hydrogen-bond donors (Lipinski definition) is 1. The molecule has 1 unspecified atom stereocenters. The predicted molar refractivity (Wildman–Crippen MR) is 113 cm³/mol. The fraction of sp³-hybridized carbons (Fsp3) is 0.600. The fourth-order valence-electron chi connectivity index (χ4n) is 3.76. The van der Waals surface area contributed by atoms with Crippen LogP contribution in [0.15, 0.2) is 17.6 Å². The number of carboxylic acids is 1. The molecule has 1 N–H and O–H groups in total. The average Bonchev–Trinajstić information content (AvgIpc) is 3.49. The number of likely N-dealkylation sites (tertiary alicyclic amines) is 1. The highest BCUT2D eigenvalue weighted by Crippen LogP contribution is 2.23. The summed E-state index contributed by atoms with van der Waals surface area (Å²) in [5.41, 5.74) is 2.30. The molecule has 33 heavy (non-hydrogen) atoms. The van der Waals surface area contributed by atoms with Crippen LogP contribution in [0.25, 0.3) is 0 Å². The Bertz CT molecular complexity index is 942. The van der Waals surface area contributed by atoms with E-state index in [2.05, 4.69) is 26.4 Å². The summed E-state index contributed by atoms with van der Waals surface area (Å²) in [5, 5.41) is 14.8. The van der Waals surface area contributed by atoms with Crippen molar-refractivity contribution < 1.29 is 32.6 Å². The van der Waals surface area contributed by atoms with Crippen LogP contribution in [0.4, 0.5) is 13.2 Å². The number of alkyl halides is 3. The number of rotatable bonds is 6. The van der Waals surface area contributed by atoms with E-state index < -0.39 is 12.1 Å². The number of halogens is 3. The predicted octanol–water partition coefficient (Wildman–Crippen LogP) is 2.48. The molecule has 2 aliphatic heterocycles. The number of carbonyl (C=O) groups is 2. The molecule has 0 bridgehead atoms. The van der Waals surface area contributed by atoms with Gasteiger partial charge in [0.05, 0.1) is 29.0 Å². The van der Waals surface area contributed by atoms with Gasteiger partial charge in [0.15, 0.2) is 0 Å². The summed E-state index contributed by atoms with van der Waals surface area (Å²) in [6, 6.07) is 2.18. The lowest BCUT2D eigenvalue weighted by Crippen LogP contribution is -2.40. The van der Waals surface area contributed by atoms with E-state index in [0.717, 1.165) is 56.3 Å². The zero-order chi connectivity index (χ0) is 24.0. The van der Waals surface area contributed by atoms with E-state index in [9.17, 15) is 18.0 Å². The van der Waals surface area contributed by atoms with Gasteiger partial charge in [-0.15, -0.1) is 11.3 Å². The van der Waals surface area contributed by atoms with Crippen LogP contribution in [-0.2, 0) is 27.4 Å². The highest BCUT2D eigenvalue weighted by molar-refractivity contribution is 7.09. The molecular weight excluding hydrogens is 463 g/mol. The quantitative estimate of drug-likeness (QED) is 0.665. The van der Waals surface area contributed by atoms with Crippen LogP contribution in [0.3, 0.4) is 0 Å². The van der Waals surface area contributed by atoms with Crippen LogP contribution in [0.5, 0.6) is 0 Å². The van der Waals surface area contributed by atoms with Crippen molar-refractivity contribution in [1.82, 2.24) is 24.6 Å². The molecule has 1 amide bonds. The Morgan fingerprint density at radius 1 is 1.30 bits per heavy atom. The molecular formula is C20H26F3N5O4S. The van der Waals surface area contributed by atoms with Crippen LogP contribution in [0.1, 0.15) is 35.3 Å². The normalized spacial score (nSPS) is 18.5. The van der Waals surface area contributed by atoms with Gasteiger partial charge in [-0.3, -0.25) is 14.4 Å². The Morgan fingerprint density at radius 2 is 2.00 bits per heavy atom. The van der Waals surface area contributed by atoms with Crippen LogP contribution in [0.2, 0.25) is 0 Å². The lowest BCUT2D eigenvalue weighted by atomic mass is 10.2. The van der Waals surface area contributed by atoms with Gasteiger partial charge < -0.3 is 14.7 Å². The van der Waals surface area contributed by atoms with E-state index in [1.54, 1.807) is 11.3 Å². The molecule has 13 heteroatoms. The second-order valence-electron chi connectivity index (χ2n) is 7.85. The van der Waals surface area contributed by atoms with Crippen molar-refractivity contribution in [2.45, 2.75) is 45.1 Å². The Kier molecular flexibility index (Phi) is 8.43. The summed E-state index contributed by atoms with van der Waals surface area (Å²) in [5.74, 6) is -2.65. The summed E-state index contributed by atoms with van der Waals surface area (Å²) in [6.07, 6.45) is -1.03. The Morgan fingerprint density at radius 3 is 2.61 bits per heavy atom. The molecule has 1 atom stereocenters. The van der Waals surface area contributed by atoms with Crippen LogP contribution in [-0.4, -0.2) is 80.6 Å². The molecule has 0 aromatic carbocycles. The van der Waals surface area contributed by atoms with E-state index >= 15 is 0 Å². The van der Waals surface area contributed by atoms with Crippen molar-refractivity contribution in [3.63, 3.8) is 0 Å². The van der Waals surface area contributed by atoms with Gasteiger partial charge in [0, 0.05) is 44.3 Å². The standard InChI is InChI=1S/C18H25N5O2S.C2HF3O2/c1-14-20-15(13-26-14)8-21-9-16-4-5-19-23(16)17(10-21)11-25-12-18(24)22-6-2-3-7-22;3-2(4,5)1(6)7/h4-5,13,17H,2-3,6-12H2,1H3;(H,6,7). The SMILES string of the molecule is Cc1nc(CN2Cc3ccnn3C(COCC(=O)N3CCCC3)C2)cs1.O=C(O)C(F)(F)F. The molecule has 2 aromatic heterocycles. The zero-order valence-corrected chi connectivity index (χ0v) is 18.9. The Hall–Kier alpha value is -2.51. The van der Waals surface area contributed by atoms with E-state index in [4.69, 9.17) is 14.6 Å². The average molecular weight is 490 g/mol. The van der Waals surface area contributed by atoms with Crippen molar-refractivity contribution in [3.8, 4) is 0 Å². The number of ether oxygens (including phenoxy) is 1. The van der Waals surface area contributed by atoms with Crippen molar-refractivity contribution >= 4 is 23.2 Å². The maximum absolute atomic E-state index is 12.2. The molecule has 4 rings (SSSR count). The lowest BCUT2D eigenvalue weighted by molar-refractivity contribution is -0.192. The highest BCUT2D eigenvalue weighted by atomic mass is 32.1. The highest BCUT2D eigenvalue weighted by Gasteiger charge is 2.38. The van der Waals surface area contributed by atoms with Crippen molar-refractivity contribution in [2.75, 3.05) is 32.8 Å². The number of aromatic nitrogens is 3. The van der Waals surface area contributed by atoms with Crippen molar-refractivity contribution in [3.05, 3.63) is 34.0 Å². The number of nitrogens with zero attached hydrogens (tertiary/aromatic N) is 5. The summed E-state index contributed by atoms with van der Waals surface area (Å²) >= 11 is 1.69. The maximum atomic E-state index is 12.2. The first-order valence-electron chi connectivity index (χ1n) is 10.4. The van der Waals surface area contributed by atoms with Crippen LogP contribution >= 0.6 is 11.3 Å². The molecule has 9 nitrogen and oxygen atoms in total. The van der Waals surface area contributed by atoms with Gasteiger partial charge in [0.2, 0.25) is 5.91 Å². The summed E-state index contributed by atoms with van der Waals surface area (Å²) < 4.78 is 39.6. The third kappa shape index (κ3) is 7.24. The van der Waals surface area contributed by atoms with Gasteiger partial charge in [-0.05, 0) is 25.8 Å². The van der Waals surface area contributed by atoms with E-state index in [1.165, 1.54) is 5.69 Å². The second kappa shape index (κ2) is 11.1. The lowest BCUT2D eigenvalue weighted by Gasteiger charge is -2.33. The molecule has 0 saturated carbocycles. The molecule has 2 aliphatic rings. The minimum Gasteiger partial charge on any atom is -0.475 e. The first-order valence-corrected chi connectivity index (χ1v) is 11.3. The molecule has 2 aromatic rings. The summed E-state index contributed by atoms with van der Waals surface area (Å²) in [7, 11) is 0. The molecule has 0 radical (unpaired) electrons. The number of hydrogen-bond acceptors (Lipinski definition) is 7. The fourth-order valence-corrected chi connectivity index (χ4v) is 4.36. The number of fused-ring (bicyclic) bond motifs is 1. The van der Waals surface area contributed by atoms with Gasteiger partial charge >= 0.3 is 12.1 Å². The molecule has 0 aliphatic carbocycles. The largest absolute Gasteiger partial charge is 0.490 e. The number of aliphatic carboxylic acids is 1. The molecule has 1 fully saturated rings. The van der Waals surface area contributed by atoms with Crippen molar-refractivity contribution in [1.29, 1.82) is 0 Å². The Labute approximate surface area is 192 Å². The first kappa shape index (κ1) is 25.1. The second-order valence-corrected chi connectivity index (χ2v) is 8.92. The van der Waals surface area contributed by atoms with Crippen molar-refractivity contribution in [2.24, 2.45) is 0 Å². The maximum Gasteiger partial charge on any atom is 0.490 e. The van der Waals surface area contributed by atoms with E-state index in [1.807, 2.05) is 22.7 Å². The van der Waals surface area contributed by atoms with E-state index in [0.29, 0.717) is 6.61 Å². The Balaban J connectivity index is 0.000000383. The minimum atomic E-state index is -5.08. The smallest absolute Gasteiger partial charge is 0.475 e. The van der Waals surface area contributed by atoms with Gasteiger partial charge in [-0.25, -0.2) is 9.78 Å². The minimum absolute atomic E-state index is 0.105. The molecule has 0 spiro atoms. The van der Waals surface area contributed by atoms with Gasteiger partial charge in [-0.2, -0.15) is 18.3 Å². The van der Waals surface area contributed by atoms with Gasteiger partial charge in [0.25, 0.3) is 0 Å². The molecule has 182 valence electrons. The van der Waals surface area contributed by atoms with Gasteiger partial charge in [0.1, 0.15) is 6.61 Å². The van der Waals surface area contributed by atoms with Crippen LogP contribution in [0, 0.1) is 6.92 Å². The molecule has 4 heterocycles. The van der Waals surface area contributed by atoms with E-state index in [-0.39, 0.29) is 18.6 Å². The number of carbonyl (C=O) groups excluding carboxylic acids is 1.